The first-order valence-electron chi connectivity index (χ1n) is 4.95. The van der Waals surface area contributed by atoms with Crippen molar-refractivity contribution in [3.8, 4) is 0 Å². The minimum atomic E-state index is 0. The van der Waals surface area contributed by atoms with Gasteiger partial charge in [0, 0.05) is 7.05 Å². The van der Waals surface area contributed by atoms with Crippen LogP contribution in [0.4, 0.5) is 0 Å². The van der Waals surface area contributed by atoms with E-state index in [1.54, 1.807) is 4.57 Å². The normalized spacial score (nSPS) is 10.4. The Kier molecular flexibility index (Phi) is 4.53. The molecule has 0 fully saturated rings. The van der Waals surface area contributed by atoms with Gasteiger partial charge in [-0.15, -0.1) is 12.4 Å². The fraction of sp³-hybridized carbons (Fsp3) is 0.364. The summed E-state index contributed by atoms with van der Waals surface area (Å²) in [6.07, 6.45) is 1.00. The lowest BCUT2D eigenvalue weighted by molar-refractivity contribution is 0.792. The van der Waals surface area contributed by atoms with Crippen molar-refractivity contribution in [2.24, 2.45) is 7.05 Å². The quantitative estimate of drug-likeness (QED) is 0.911. The highest BCUT2D eigenvalue weighted by Crippen LogP contribution is 2.18. The standard InChI is InChI=1S/C11H14N2OS.ClH/c1-12-6-5-8-3-4-9-10(7-8)15-11(14)13(9)2;/h3-4,7,12H,5-6H2,1-2H3;1H. The van der Waals surface area contributed by atoms with Crippen molar-refractivity contribution in [1.82, 2.24) is 9.88 Å². The predicted molar refractivity (Wildman–Crippen MR) is 71.9 cm³/mol. The van der Waals surface area contributed by atoms with E-state index in [0.29, 0.717) is 0 Å². The van der Waals surface area contributed by atoms with Crippen molar-refractivity contribution >= 4 is 34.0 Å². The smallest absolute Gasteiger partial charge is 0.307 e. The lowest BCUT2D eigenvalue weighted by atomic mass is 10.1. The van der Waals surface area contributed by atoms with Crippen molar-refractivity contribution in [2.75, 3.05) is 13.6 Å². The number of rotatable bonds is 3. The Morgan fingerprint density at radius 2 is 2.19 bits per heavy atom. The van der Waals surface area contributed by atoms with Gasteiger partial charge < -0.3 is 9.88 Å². The van der Waals surface area contributed by atoms with Crippen LogP contribution in [0.3, 0.4) is 0 Å². The van der Waals surface area contributed by atoms with E-state index in [1.807, 2.05) is 20.2 Å². The molecule has 16 heavy (non-hydrogen) atoms. The maximum Gasteiger partial charge on any atom is 0.307 e. The number of aromatic nitrogens is 1. The summed E-state index contributed by atoms with van der Waals surface area (Å²) in [5.74, 6) is 0. The highest BCUT2D eigenvalue weighted by atomic mass is 35.5. The first-order valence-corrected chi connectivity index (χ1v) is 5.77. The van der Waals surface area contributed by atoms with Gasteiger partial charge in [0.05, 0.1) is 10.2 Å². The maximum absolute atomic E-state index is 11.4. The third kappa shape index (κ3) is 2.45. The van der Waals surface area contributed by atoms with Crippen LogP contribution < -0.4 is 10.2 Å². The van der Waals surface area contributed by atoms with Gasteiger partial charge in [-0.1, -0.05) is 17.4 Å². The van der Waals surface area contributed by atoms with Crippen LogP contribution in [0.5, 0.6) is 0 Å². The molecule has 88 valence electrons. The van der Waals surface area contributed by atoms with Gasteiger partial charge in [0.25, 0.3) is 0 Å². The van der Waals surface area contributed by atoms with Crippen LogP contribution in [0.1, 0.15) is 5.56 Å². The van der Waals surface area contributed by atoms with E-state index in [-0.39, 0.29) is 17.3 Å². The number of aryl methyl sites for hydroxylation is 1. The van der Waals surface area contributed by atoms with E-state index in [9.17, 15) is 4.79 Å². The zero-order chi connectivity index (χ0) is 10.8. The molecule has 0 aliphatic rings. The zero-order valence-electron chi connectivity index (χ0n) is 9.32. The molecule has 0 aliphatic heterocycles. The van der Waals surface area contributed by atoms with Crippen molar-refractivity contribution in [1.29, 1.82) is 0 Å². The minimum Gasteiger partial charge on any atom is -0.319 e. The Hall–Kier alpha value is -0.840. The zero-order valence-corrected chi connectivity index (χ0v) is 11.0. The summed E-state index contributed by atoms with van der Waals surface area (Å²) in [4.78, 5) is 11.5. The van der Waals surface area contributed by atoms with Crippen LogP contribution in [0.2, 0.25) is 0 Å². The van der Waals surface area contributed by atoms with Crippen molar-refractivity contribution in [3.05, 3.63) is 33.4 Å². The van der Waals surface area contributed by atoms with Gasteiger partial charge in [0.15, 0.2) is 0 Å². The number of halogens is 1. The number of fused-ring (bicyclic) bond motifs is 1. The summed E-state index contributed by atoms with van der Waals surface area (Å²) in [5.41, 5.74) is 2.30. The second-order valence-electron chi connectivity index (χ2n) is 3.58. The summed E-state index contributed by atoms with van der Waals surface area (Å²) >= 11 is 1.31. The van der Waals surface area contributed by atoms with Gasteiger partial charge >= 0.3 is 4.87 Å². The lowest BCUT2D eigenvalue weighted by Gasteiger charge is -2.01. The van der Waals surface area contributed by atoms with E-state index in [2.05, 4.69) is 17.4 Å². The molecule has 1 N–H and O–H groups in total. The predicted octanol–water partition coefficient (Wildman–Crippen LogP) is 1.78. The minimum absolute atomic E-state index is 0. The molecule has 0 saturated heterocycles. The average molecular weight is 259 g/mol. The summed E-state index contributed by atoms with van der Waals surface area (Å²) in [6, 6.07) is 6.22. The maximum atomic E-state index is 11.4. The van der Waals surface area contributed by atoms with E-state index < -0.39 is 0 Å². The summed E-state index contributed by atoms with van der Waals surface area (Å²) < 4.78 is 2.78. The molecule has 0 atom stereocenters. The molecule has 0 unspecified atom stereocenters. The Labute approximate surface area is 105 Å². The lowest BCUT2D eigenvalue weighted by Crippen LogP contribution is -2.10. The molecule has 3 nitrogen and oxygen atoms in total. The number of nitrogens with one attached hydrogen (secondary N) is 1. The Balaban J connectivity index is 0.00000128. The molecule has 0 saturated carbocycles. The van der Waals surface area contributed by atoms with Gasteiger partial charge in [-0.3, -0.25) is 4.79 Å². The molecule has 0 spiro atoms. The summed E-state index contributed by atoms with van der Waals surface area (Å²) in [7, 11) is 3.76. The van der Waals surface area contributed by atoms with Crippen molar-refractivity contribution in [2.45, 2.75) is 6.42 Å². The van der Waals surface area contributed by atoms with Crippen LogP contribution in [-0.2, 0) is 13.5 Å². The van der Waals surface area contributed by atoms with Crippen molar-refractivity contribution in [3.63, 3.8) is 0 Å². The number of likely N-dealkylation sites (N-methyl/N-ethyl adjacent to an activating group) is 1. The molecule has 2 rings (SSSR count). The monoisotopic (exact) mass is 258 g/mol. The molecule has 1 aromatic heterocycles. The molecule has 1 heterocycles. The third-order valence-corrected chi connectivity index (χ3v) is 3.52. The Morgan fingerprint density at radius 3 is 2.88 bits per heavy atom. The summed E-state index contributed by atoms with van der Waals surface area (Å²) in [5, 5.41) is 3.12. The van der Waals surface area contributed by atoms with Gasteiger partial charge in [-0.2, -0.15) is 0 Å². The van der Waals surface area contributed by atoms with Gasteiger partial charge in [0.1, 0.15) is 0 Å². The number of benzene rings is 1. The molecule has 2 aromatic rings. The number of hydrogen-bond donors (Lipinski definition) is 1. The number of thiazole rings is 1. The number of hydrogen-bond acceptors (Lipinski definition) is 3. The Bertz CT molecular complexity index is 532. The van der Waals surface area contributed by atoms with Crippen LogP contribution in [0, 0.1) is 0 Å². The van der Waals surface area contributed by atoms with Gasteiger partial charge in [-0.05, 0) is 37.7 Å². The van der Waals surface area contributed by atoms with E-state index in [4.69, 9.17) is 0 Å². The second-order valence-corrected chi connectivity index (χ2v) is 4.58. The summed E-state index contributed by atoms with van der Waals surface area (Å²) in [6.45, 7) is 0.966. The second kappa shape index (κ2) is 5.48. The molecule has 0 radical (unpaired) electrons. The average Bonchev–Trinajstić information content (AvgIpc) is 2.52. The fourth-order valence-corrected chi connectivity index (χ4v) is 2.55. The highest BCUT2D eigenvalue weighted by molar-refractivity contribution is 7.16. The number of nitrogens with zero attached hydrogens (tertiary/aromatic N) is 1. The van der Waals surface area contributed by atoms with Crippen LogP contribution in [-0.4, -0.2) is 18.2 Å². The SMILES string of the molecule is CNCCc1ccc2c(c1)sc(=O)n2C.Cl. The fourth-order valence-electron chi connectivity index (χ4n) is 1.60. The van der Waals surface area contributed by atoms with Gasteiger partial charge in [-0.25, -0.2) is 0 Å². The molecule has 0 bridgehead atoms. The van der Waals surface area contributed by atoms with E-state index >= 15 is 0 Å². The van der Waals surface area contributed by atoms with Gasteiger partial charge in [0.2, 0.25) is 0 Å². The molecular formula is C11H15ClN2OS. The third-order valence-electron chi connectivity index (χ3n) is 2.52. The van der Waals surface area contributed by atoms with Crippen LogP contribution >= 0.6 is 23.7 Å². The van der Waals surface area contributed by atoms with Crippen molar-refractivity contribution < 1.29 is 0 Å². The van der Waals surface area contributed by atoms with E-state index in [0.717, 1.165) is 23.2 Å². The topological polar surface area (TPSA) is 34.0 Å². The molecule has 0 aliphatic carbocycles. The van der Waals surface area contributed by atoms with E-state index in [1.165, 1.54) is 16.9 Å². The molecule has 5 heteroatoms. The first kappa shape index (κ1) is 13.2. The molecule has 1 aromatic carbocycles. The Morgan fingerprint density at radius 1 is 1.44 bits per heavy atom. The largest absolute Gasteiger partial charge is 0.319 e. The first-order chi connectivity index (χ1) is 7.22. The highest BCUT2D eigenvalue weighted by Gasteiger charge is 2.04. The molecular weight excluding hydrogens is 244 g/mol. The molecule has 0 amide bonds. The van der Waals surface area contributed by atoms with Crippen LogP contribution in [0.15, 0.2) is 23.0 Å². The van der Waals surface area contributed by atoms with Crippen LogP contribution in [0.25, 0.3) is 10.2 Å².